The summed E-state index contributed by atoms with van der Waals surface area (Å²) in [4.78, 5) is 8.17. The van der Waals surface area contributed by atoms with Crippen molar-refractivity contribution in [2.75, 3.05) is 18.0 Å². The van der Waals surface area contributed by atoms with Crippen molar-refractivity contribution in [3.63, 3.8) is 0 Å². The van der Waals surface area contributed by atoms with Crippen molar-refractivity contribution in [1.82, 2.24) is 4.98 Å². The highest BCUT2D eigenvalue weighted by atomic mass is 32.1. The van der Waals surface area contributed by atoms with Gasteiger partial charge in [0.1, 0.15) is 0 Å². The highest BCUT2D eigenvalue weighted by Crippen LogP contribution is 2.34. The van der Waals surface area contributed by atoms with E-state index in [1.54, 1.807) is 11.3 Å². The summed E-state index contributed by atoms with van der Waals surface area (Å²) in [6.45, 7) is 11.2. The molecule has 3 nitrogen and oxygen atoms in total. The average Bonchev–Trinajstić information content (AvgIpc) is 2.77. The molecule has 0 aromatic carbocycles. The SMILES string of the molecule is CC(C)c1nc(N2CCC(C)C(C)C2)sc1CO. The van der Waals surface area contributed by atoms with Crippen LogP contribution in [0.1, 0.15) is 50.6 Å². The number of hydrogen-bond acceptors (Lipinski definition) is 4. The maximum atomic E-state index is 9.42. The van der Waals surface area contributed by atoms with Gasteiger partial charge in [-0.25, -0.2) is 4.98 Å². The fourth-order valence-electron chi connectivity index (χ4n) is 2.49. The first kappa shape index (κ1) is 13.8. The number of aliphatic hydroxyl groups is 1. The minimum absolute atomic E-state index is 0.116. The van der Waals surface area contributed by atoms with E-state index in [-0.39, 0.29) is 6.61 Å². The Balaban J connectivity index is 2.18. The molecule has 2 rings (SSSR count). The van der Waals surface area contributed by atoms with Crippen LogP contribution in [0.4, 0.5) is 5.13 Å². The van der Waals surface area contributed by atoms with Crippen LogP contribution in [0.3, 0.4) is 0 Å². The smallest absolute Gasteiger partial charge is 0.185 e. The van der Waals surface area contributed by atoms with Crippen LogP contribution in [-0.2, 0) is 6.61 Å². The number of thiazole rings is 1. The molecule has 2 unspecified atom stereocenters. The number of rotatable bonds is 3. The van der Waals surface area contributed by atoms with Crippen LogP contribution < -0.4 is 4.90 Å². The summed E-state index contributed by atoms with van der Waals surface area (Å²) in [7, 11) is 0. The predicted molar refractivity (Wildman–Crippen MR) is 77.3 cm³/mol. The Morgan fingerprint density at radius 1 is 1.39 bits per heavy atom. The van der Waals surface area contributed by atoms with E-state index in [0.717, 1.165) is 40.6 Å². The van der Waals surface area contributed by atoms with Gasteiger partial charge in [-0.2, -0.15) is 0 Å². The molecule has 102 valence electrons. The lowest BCUT2D eigenvalue weighted by molar-refractivity contribution is 0.283. The third-order valence-corrected chi connectivity index (χ3v) is 5.13. The van der Waals surface area contributed by atoms with Crippen LogP contribution in [-0.4, -0.2) is 23.2 Å². The number of aliphatic hydroxyl groups excluding tert-OH is 1. The van der Waals surface area contributed by atoms with Gasteiger partial charge in [-0.05, 0) is 24.2 Å². The third-order valence-electron chi connectivity index (χ3n) is 4.01. The van der Waals surface area contributed by atoms with E-state index in [0.29, 0.717) is 5.92 Å². The summed E-state index contributed by atoms with van der Waals surface area (Å²) < 4.78 is 0. The van der Waals surface area contributed by atoms with E-state index in [1.165, 1.54) is 6.42 Å². The van der Waals surface area contributed by atoms with Gasteiger partial charge >= 0.3 is 0 Å². The maximum Gasteiger partial charge on any atom is 0.185 e. The van der Waals surface area contributed by atoms with Crippen LogP contribution in [0, 0.1) is 11.8 Å². The van der Waals surface area contributed by atoms with E-state index in [9.17, 15) is 5.11 Å². The molecule has 1 saturated heterocycles. The minimum Gasteiger partial charge on any atom is -0.391 e. The predicted octanol–water partition coefficient (Wildman–Crippen LogP) is 3.24. The molecule has 0 saturated carbocycles. The zero-order valence-electron chi connectivity index (χ0n) is 11.8. The Morgan fingerprint density at radius 2 is 2.11 bits per heavy atom. The van der Waals surface area contributed by atoms with Gasteiger partial charge in [0.05, 0.1) is 17.2 Å². The molecule has 1 aromatic rings. The van der Waals surface area contributed by atoms with Crippen molar-refractivity contribution in [1.29, 1.82) is 0 Å². The molecule has 1 N–H and O–H groups in total. The zero-order chi connectivity index (χ0) is 13.3. The molecule has 1 aromatic heterocycles. The van der Waals surface area contributed by atoms with E-state index in [2.05, 4.69) is 32.6 Å². The van der Waals surface area contributed by atoms with Crippen LogP contribution in [0.5, 0.6) is 0 Å². The first-order valence-corrected chi connectivity index (χ1v) is 7.70. The largest absolute Gasteiger partial charge is 0.391 e. The normalized spacial score (nSPS) is 24.9. The Hall–Kier alpha value is -0.610. The van der Waals surface area contributed by atoms with Crippen molar-refractivity contribution in [2.24, 2.45) is 11.8 Å². The Bertz CT molecular complexity index is 402. The van der Waals surface area contributed by atoms with Crippen molar-refractivity contribution in [3.05, 3.63) is 10.6 Å². The lowest BCUT2D eigenvalue weighted by atomic mass is 9.89. The number of nitrogens with zero attached hydrogens (tertiary/aromatic N) is 2. The molecule has 0 aliphatic carbocycles. The van der Waals surface area contributed by atoms with Gasteiger partial charge in [0, 0.05) is 13.1 Å². The van der Waals surface area contributed by atoms with Crippen molar-refractivity contribution >= 4 is 16.5 Å². The number of anilines is 1. The summed E-state index contributed by atoms with van der Waals surface area (Å²) in [5.41, 5.74) is 1.07. The van der Waals surface area contributed by atoms with E-state index in [1.807, 2.05) is 0 Å². The van der Waals surface area contributed by atoms with Crippen LogP contribution in [0.2, 0.25) is 0 Å². The molecule has 2 atom stereocenters. The quantitative estimate of drug-likeness (QED) is 0.914. The van der Waals surface area contributed by atoms with E-state index < -0.39 is 0 Å². The summed E-state index contributed by atoms with van der Waals surface area (Å²) in [5.74, 6) is 1.92. The van der Waals surface area contributed by atoms with Gasteiger partial charge in [-0.15, -0.1) is 0 Å². The van der Waals surface area contributed by atoms with Crippen molar-refractivity contribution < 1.29 is 5.11 Å². The van der Waals surface area contributed by atoms with Gasteiger partial charge in [-0.3, -0.25) is 0 Å². The fraction of sp³-hybridized carbons (Fsp3) is 0.786. The number of hydrogen-bond donors (Lipinski definition) is 1. The molecule has 0 radical (unpaired) electrons. The lowest BCUT2D eigenvalue weighted by Crippen LogP contribution is -2.38. The van der Waals surface area contributed by atoms with Crippen LogP contribution in [0.15, 0.2) is 0 Å². The Labute approximate surface area is 114 Å². The number of aromatic nitrogens is 1. The standard InChI is InChI=1S/C14H24N2OS/c1-9(2)13-12(8-17)18-14(15-13)16-6-5-10(3)11(4)7-16/h9-11,17H,5-8H2,1-4H3. The third kappa shape index (κ3) is 2.69. The Kier molecular flexibility index (Phi) is 4.28. The monoisotopic (exact) mass is 268 g/mol. The molecular weight excluding hydrogens is 244 g/mol. The first-order chi connectivity index (χ1) is 8.52. The van der Waals surface area contributed by atoms with E-state index >= 15 is 0 Å². The molecule has 0 spiro atoms. The topological polar surface area (TPSA) is 36.4 Å². The molecule has 4 heteroatoms. The minimum atomic E-state index is 0.116. The van der Waals surface area contributed by atoms with Gasteiger partial charge < -0.3 is 10.0 Å². The van der Waals surface area contributed by atoms with Crippen LogP contribution in [0.25, 0.3) is 0 Å². The second-order valence-corrected chi connectivity index (χ2v) is 6.87. The highest BCUT2D eigenvalue weighted by Gasteiger charge is 2.25. The molecule has 1 aliphatic heterocycles. The number of piperidine rings is 1. The summed E-state index contributed by atoms with van der Waals surface area (Å²) in [6, 6.07) is 0. The molecule has 18 heavy (non-hydrogen) atoms. The molecule has 2 heterocycles. The second-order valence-electron chi connectivity index (χ2n) is 5.81. The lowest BCUT2D eigenvalue weighted by Gasteiger charge is -2.35. The summed E-state index contributed by atoms with van der Waals surface area (Å²) in [6.07, 6.45) is 1.24. The fourth-order valence-corrected chi connectivity index (χ4v) is 3.60. The first-order valence-electron chi connectivity index (χ1n) is 6.88. The highest BCUT2D eigenvalue weighted by molar-refractivity contribution is 7.15. The molecule has 1 aliphatic rings. The van der Waals surface area contributed by atoms with Gasteiger partial charge in [0.2, 0.25) is 0 Å². The van der Waals surface area contributed by atoms with Gasteiger partial charge in [-0.1, -0.05) is 39.0 Å². The summed E-state index contributed by atoms with van der Waals surface area (Å²) >= 11 is 1.66. The van der Waals surface area contributed by atoms with Gasteiger partial charge in [0.25, 0.3) is 0 Å². The van der Waals surface area contributed by atoms with Gasteiger partial charge in [0.15, 0.2) is 5.13 Å². The zero-order valence-corrected chi connectivity index (χ0v) is 12.6. The van der Waals surface area contributed by atoms with Crippen LogP contribution >= 0.6 is 11.3 Å². The molecule has 1 fully saturated rings. The molecule has 0 amide bonds. The molecule has 0 bridgehead atoms. The Morgan fingerprint density at radius 3 is 2.61 bits per heavy atom. The van der Waals surface area contributed by atoms with E-state index in [4.69, 9.17) is 4.98 Å². The van der Waals surface area contributed by atoms with Crippen molar-refractivity contribution in [3.8, 4) is 0 Å². The second kappa shape index (κ2) is 5.57. The average molecular weight is 268 g/mol. The maximum absolute atomic E-state index is 9.42. The van der Waals surface area contributed by atoms with Crippen molar-refractivity contribution in [2.45, 2.75) is 46.6 Å². The molecular formula is C14H24N2OS. The summed E-state index contributed by atoms with van der Waals surface area (Å²) in [5, 5.41) is 10.5.